The molecule has 0 aliphatic carbocycles. The fraction of sp³-hybridized carbons (Fsp3) is 0.429. The van der Waals surface area contributed by atoms with Crippen molar-refractivity contribution in [1.82, 2.24) is 0 Å². The summed E-state index contributed by atoms with van der Waals surface area (Å²) < 4.78 is 4.64. The first-order valence-electron chi connectivity index (χ1n) is 6.29. The minimum Gasteiger partial charge on any atom is -0.465 e. The number of nitrogens with two attached hydrogens (primary N) is 1. The van der Waals surface area contributed by atoms with Gasteiger partial charge >= 0.3 is 5.97 Å². The first-order valence-corrected chi connectivity index (χ1v) is 6.29. The predicted octanol–water partition coefficient (Wildman–Crippen LogP) is 1.17. The summed E-state index contributed by atoms with van der Waals surface area (Å²) in [6, 6.07) is 6.94. The molecule has 1 aromatic carbocycles. The van der Waals surface area contributed by atoms with Crippen molar-refractivity contribution in [3.63, 3.8) is 0 Å². The Morgan fingerprint density at radius 1 is 1.42 bits per heavy atom. The van der Waals surface area contributed by atoms with Crippen LogP contribution in [0.3, 0.4) is 0 Å². The molecule has 1 amide bonds. The SMILES string of the molecule is COC(=O)c1ccc(N2C(=O)CC(CN)C2C)cc1. The molecular formula is C14H18N2O3. The highest BCUT2D eigenvalue weighted by atomic mass is 16.5. The van der Waals surface area contributed by atoms with Gasteiger partial charge in [-0.1, -0.05) is 0 Å². The Hall–Kier alpha value is -1.88. The Labute approximate surface area is 112 Å². The fourth-order valence-corrected chi connectivity index (χ4v) is 2.47. The summed E-state index contributed by atoms with van der Waals surface area (Å²) in [5.74, 6) is -0.117. The van der Waals surface area contributed by atoms with Gasteiger partial charge in [-0.05, 0) is 37.7 Å². The minimum atomic E-state index is -0.382. The highest BCUT2D eigenvalue weighted by molar-refractivity contribution is 5.97. The van der Waals surface area contributed by atoms with Crippen molar-refractivity contribution in [1.29, 1.82) is 0 Å². The molecule has 19 heavy (non-hydrogen) atoms. The van der Waals surface area contributed by atoms with E-state index in [-0.39, 0.29) is 23.8 Å². The van der Waals surface area contributed by atoms with Crippen molar-refractivity contribution < 1.29 is 14.3 Å². The van der Waals surface area contributed by atoms with Gasteiger partial charge in [-0.3, -0.25) is 4.79 Å². The third-order valence-corrected chi connectivity index (χ3v) is 3.66. The van der Waals surface area contributed by atoms with E-state index in [4.69, 9.17) is 5.73 Å². The summed E-state index contributed by atoms with van der Waals surface area (Å²) in [5, 5.41) is 0. The molecule has 0 saturated carbocycles. The van der Waals surface area contributed by atoms with Crippen molar-refractivity contribution in [3.8, 4) is 0 Å². The Kier molecular flexibility index (Phi) is 3.85. The largest absolute Gasteiger partial charge is 0.465 e. The second-order valence-corrected chi connectivity index (χ2v) is 4.74. The second-order valence-electron chi connectivity index (χ2n) is 4.74. The first kappa shape index (κ1) is 13.5. The monoisotopic (exact) mass is 262 g/mol. The van der Waals surface area contributed by atoms with Crippen molar-refractivity contribution in [2.45, 2.75) is 19.4 Å². The lowest BCUT2D eigenvalue weighted by molar-refractivity contribution is -0.117. The van der Waals surface area contributed by atoms with Gasteiger partial charge in [0, 0.05) is 24.1 Å². The lowest BCUT2D eigenvalue weighted by Crippen LogP contribution is -2.34. The summed E-state index contributed by atoms with van der Waals surface area (Å²) in [5.41, 5.74) is 6.93. The van der Waals surface area contributed by atoms with E-state index < -0.39 is 0 Å². The van der Waals surface area contributed by atoms with Gasteiger partial charge in [0.15, 0.2) is 0 Å². The quantitative estimate of drug-likeness (QED) is 0.830. The molecule has 2 unspecified atom stereocenters. The third kappa shape index (κ3) is 2.46. The topological polar surface area (TPSA) is 72.6 Å². The van der Waals surface area contributed by atoms with Crippen LogP contribution in [0.25, 0.3) is 0 Å². The molecule has 1 saturated heterocycles. The predicted molar refractivity (Wildman–Crippen MR) is 71.9 cm³/mol. The molecule has 1 fully saturated rings. The molecule has 0 radical (unpaired) electrons. The van der Waals surface area contributed by atoms with E-state index in [0.29, 0.717) is 18.5 Å². The van der Waals surface area contributed by atoms with Gasteiger partial charge in [-0.15, -0.1) is 0 Å². The number of nitrogens with zero attached hydrogens (tertiary/aromatic N) is 1. The van der Waals surface area contributed by atoms with E-state index in [1.54, 1.807) is 29.2 Å². The number of hydrogen-bond acceptors (Lipinski definition) is 4. The summed E-state index contributed by atoms with van der Waals surface area (Å²) >= 11 is 0. The normalized spacial score (nSPS) is 22.7. The van der Waals surface area contributed by atoms with Crippen LogP contribution in [0, 0.1) is 5.92 Å². The number of anilines is 1. The molecule has 1 aromatic rings. The fourth-order valence-electron chi connectivity index (χ4n) is 2.47. The number of methoxy groups -OCH3 is 1. The number of carbonyl (C=O) groups excluding carboxylic acids is 2. The first-order chi connectivity index (χ1) is 9.08. The van der Waals surface area contributed by atoms with E-state index in [1.807, 2.05) is 6.92 Å². The molecule has 5 nitrogen and oxygen atoms in total. The van der Waals surface area contributed by atoms with Crippen molar-refractivity contribution in [3.05, 3.63) is 29.8 Å². The molecule has 1 heterocycles. The zero-order valence-electron chi connectivity index (χ0n) is 11.1. The van der Waals surface area contributed by atoms with Crippen LogP contribution >= 0.6 is 0 Å². The van der Waals surface area contributed by atoms with Crippen LogP contribution in [0.2, 0.25) is 0 Å². The molecule has 2 N–H and O–H groups in total. The van der Waals surface area contributed by atoms with Crippen LogP contribution in [0.15, 0.2) is 24.3 Å². The van der Waals surface area contributed by atoms with Gasteiger partial charge in [-0.25, -0.2) is 4.79 Å². The minimum absolute atomic E-state index is 0.0776. The van der Waals surface area contributed by atoms with Crippen LogP contribution in [0.5, 0.6) is 0 Å². The molecular weight excluding hydrogens is 244 g/mol. The van der Waals surface area contributed by atoms with Crippen molar-refractivity contribution in [2.75, 3.05) is 18.6 Å². The van der Waals surface area contributed by atoms with E-state index >= 15 is 0 Å². The van der Waals surface area contributed by atoms with E-state index in [2.05, 4.69) is 4.74 Å². The molecule has 0 bridgehead atoms. The maximum Gasteiger partial charge on any atom is 0.337 e. The number of benzene rings is 1. The third-order valence-electron chi connectivity index (χ3n) is 3.66. The molecule has 5 heteroatoms. The number of amides is 1. The Balaban J connectivity index is 2.23. The number of carbonyl (C=O) groups is 2. The van der Waals surface area contributed by atoms with E-state index in [9.17, 15) is 9.59 Å². The Bertz CT molecular complexity index is 484. The zero-order valence-corrected chi connectivity index (χ0v) is 11.1. The van der Waals surface area contributed by atoms with Gasteiger partial charge < -0.3 is 15.4 Å². The highest BCUT2D eigenvalue weighted by Crippen LogP contribution is 2.30. The summed E-state index contributed by atoms with van der Waals surface area (Å²) in [6.45, 7) is 2.50. The van der Waals surface area contributed by atoms with Crippen LogP contribution in [-0.2, 0) is 9.53 Å². The van der Waals surface area contributed by atoms with Gasteiger partial charge in [0.25, 0.3) is 0 Å². The van der Waals surface area contributed by atoms with Crippen molar-refractivity contribution in [2.24, 2.45) is 11.7 Å². The lowest BCUT2D eigenvalue weighted by atomic mass is 10.0. The average Bonchev–Trinajstić information content (AvgIpc) is 2.72. The number of ether oxygens (including phenoxy) is 1. The van der Waals surface area contributed by atoms with Crippen LogP contribution in [0.4, 0.5) is 5.69 Å². The van der Waals surface area contributed by atoms with E-state index in [1.165, 1.54) is 7.11 Å². The number of rotatable bonds is 3. The molecule has 1 aliphatic rings. The van der Waals surface area contributed by atoms with Gasteiger partial charge in [0.1, 0.15) is 0 Å². The summed E-state index contributed by atoms with van der Waals surface area (Å²) in [4.78, 5) is 25.1. The molecule has 1 aliphatic heterocycles. The van der Waals surface area contributed by atoms with Crippen LogP contribution in [0.1, 0.15) is 23.7 Å². The molecule has 0 aromatic heterocycles. The smallest absolute Gasteiger partial charge is 0.337 e. The van der Waals surface area contributed by atoms with Crippen LogP contribution < -0.4 is 10.6 Å². The second kappa shape index (κ2) is 5.40. The molecule has 2 atom stereocenters. The maximum absolute atomic E-state index is 12.0. The van der Waals surface area contributed by atoms with Crippen LogP contribution in [-0.4, -0.2) is 31.6 Å². The standard InChI is InChI=1S/C14H18N2O3/c1-9-11(8-15)7-13(17)16(9)12-5-3-10(4-6-12)14(18)19-2/h3-6,9,11H,7-8,15H2,1-2H3. The Morgan fingerprint density at radius 3 is 2.53 bits per heavy atom. The summed E-state index contributed by atoms with van der Waals surface area (Å²) in [7, 11) is 1.34. The Morgan fingerprint density at radius 2 is 2.05 bits per heavy atom. The number of hydrogen-bond donors (Lipinski definition) is 1. The maximum atomic E-state index is 12.0. The molecule has 0 spiro atoms. The van der Waals surface area contributed by atoms with E-state index in [0.717, 1.165) is 5.69 Å². The van der Waals surface area contributed by atoms with Gasteiger partial charge in [0.05, 0.1) is 12.7 Å². The average molecular weight is 262 g/mol. The molecule has 102 valence electrons. The van der Waals surface area contributed by atoms with Gasteiger partial charge in [-0.2, -0.15) is 0 Å². The summed E-state index contributed by atoms with van der Waals surface area (Å²) in [6.07, 6.45) is 0.483. The van der Waals surface area contributed by atoms with Crippen molar-refractivity contribution >= 4 is 17.6 Å². The van der Waals surface area contributed by atoms with Gasteiger partial charge in [0.2, 0.25) is 5.91 Å². The zero-order chi connectivity index (χ0) is 14.0. The molecule has 2 rings (SSSR count). The number of esters is 1. The highest BCUT2D eigenvalue weighted by Gasteiger charge is 2.36. The lowest BCUT2D eigenvalue weighted by Gasteiger charge is -2.24.